The molecular formula is C29H35ClN6O3S. The molecular weight excluding hydrogens is 548 g/mol. The first-order chi connectivity index (χ1) is 18.9. The van der Waals surface area contributed by atoms with Gasteiger partial charge in [-0.25, -0.2) is 4.79 Å². The SMILES string of the molecule is Cc1sc2c(c1C)C(c1ccc(Cl)cc1)=N[C@@H](CC(=O)NC1CCN(C(=O)OC(C)(C)C)CC1)c1nnc(C)n1-2. The summed E-state index contributed by atoms with van der Waals surface area (Å²) in [6, 6.07) is 7.10. The van der Waals surface area contributed by atoms with Gasteiger partial charge in [0.15, 0.2) is 5.82 Å². The number of thiophene rings is 1. The van der Waals surface area contributed by atoms with Crippen molar-refractivity contribution in [2.24, 2.45) is 4.99 Å². The average Bonchev–Trinajstić information content (AvgIpc) is 3.36. The Hall–Kier alpha value is -3.24. The van der Waals surface area contributed by atoms with Gasteiger partial charge in [0.25, 0.3) is 0 Å². The summed E-state index contributed by atoms with van der Waals surface area (Å²) in [5.74, 6) is 1.30. The summed E-state index contributed by atoms with van der Waals surface area (Å²) >= 11 is 7.88. The minimum Gasteiger partial charge on any atom is -0.444 e. The monoisotopic (exact) mass is 582 g/mol. The number of carbonyl (C=O) groups is 2. The number of carbonyl (C=O) groups excluding carboxylic acids is 2. The maximum Gasteiger partial charge on any atom is 0.410 e. The Balaban J connectivity index is 1.38. The van der Waals surface area contributed by atoms with E-state index in [1.54, 1.807) is 16.2 Å². The summed E-state index contributed by atoms with van der Waals surface area (Å²) in [5.41, 5.74) is 3.40. The van der Waals surface area contributed by atoms with E-state index < -0.39 is 11.6 Å². The van der Waals surface area contributed by atoms with Crippen LogP contribution >= 0.6 is 22.9 Å². The molecule has 0 unspecified atom stereocenters. The van der Waals surface area contributed by atoms with Gasteiger partial charge in [-0.05, 0) is 72.1 Å². The fourth-order valence-corrected chi connectivity index (χ4v) is 6.47. The molecule has 40 heavy (non-hydrogen) atoms. The van der Waals surface area contributed by atoms with E-state index >= 15 is 0 Å². The number of hydrogen-bond donors (Lipinski definition) is 1. The Morgan fingerprint density at radius 3 is 2.42 bits per heavy atom. The molecule has 5 rings (SSSR count). The van der Waals surface area contributed by atoms with Gasteiger partial charge in [0.2, 0.25) is 5.91 Å². The van der Waals surface area contributed by atoms with Gasteiger partial charge in [0.1, 0.15) is 22.5 Å². The topological polar surface area (TPSA) is 102 Å². The summed E-state index contributed by atoms with van der Waals surface area (Å²) in [6.45, 7) is 12.8. The van der Waals surface area contributed by atoms with Crippen molar-refractivity contribution in [3.8, 4) is 5.00 Å². The maximum absolute atomic E-state index is 13.4. The van der Waals surface area contributed by atoms with Crippen LogP contribution < -0.4 is 5.32 Å². The summed E-state index contributed by atoms with van der Waals surface area (Å²) in [7, 11) is 0. The molecule has 2 aliphatic heterocycles. The number of ether oxygens (including phenoxy) is 1. The van der Waals surface area contributed by atoms with E-state index in [1.165, 1.54) is 4.88 Å². The smallest absolute Gasteiger partial charge is 0.410 e. The average molecular weight is 583 g/mol. The lowest BCUT2D eigenvalue weighted by Gasteiger charge is -2.33. The highest BCUT2D eigenvalue weighted by atomic mass is 35.5. The zero-order valence-electron chi connectivity index (χ0n) is 23.7. The van der Waals surface area contributed by atoms with E-state index in [0.29, 0.717) is 36.8 Å². The molecule has 212 valence electrons. The molecule has 2 amide bonds. The number of aromatic nitrogens is 3. The van der Waals surface area contributed by atoms with Crippen molar-refractivity contribution >= 4 is 40.6 Å². The summed E-state index contributed by atoms with van der Waals surface area (Å²) in [4.78, 5) is 33.9. The normalized spacial score (nSPS) is 17.5. The molecule has 11 heteroatoms. The molecule has 2 aliphatic rings. The number of likely N-dealkylation sites (tertiary alicyclic amines) is 1. The number of halogens is 1. The number of hydrogen-bond acceptors (Lipinski definition) is 7. The molecule has 3 aromatic rings. The molecule has 0 saturated carbocycles. The first-order valence-corrected chi connectivity index (χ1v) is 14.7. The predicted octanol–water partition coefficient (Wildman–Crippen LogP) is 5.71. The van der Waals surface area contributed by atoms with Crippen molar-refractivity contribution in [1.82, 2.24) is 25.0 Å². The van der Waals surface area contributed by atoms with Crippen molar-refractivity contribution in [2.75, 3.05) is 13.1 Å². The molecule has 0 bridgehead atoms. The van der Waals surface area contributed by atoms with Gasteiger partial charge >= 0.3 is 6.09 Å². The Labute approximate surface area is 243 Å². The van der Waals surface area contributed by atoms with Crippen molar-refractivity contribution in [3.05, 3.63) is 62.5 Å². The number of fused-ring (bicyclic) bond motifs is 3. The first kappa shape index (κ1) is 28.3. The molecule has 2 aromatic heterocycles. The van der Waals surface area contributed by atoms with Crippen molar-refractivity contribution in [2.45, 2.75) is 78.5 Å². The van der Waals surface area contributed by atoms with E-state index in [2.05, 4.69) is 29.4 Å². The Kier molecular flexibility index (Phi) is 7.76. The minimum absolute atomic E-state index is 0.0252. The molecule has 0 spiro atoms. The van der Waals surface area contributed by atoms with Crippen LogP contribution in [-0.2, 0) is 9.53 Å². The van der Waals surface area contributed by atoms with E-state index in [-0.39, 0.29) is 24.5 Å². The Bertz CT molecular complexity index is 1460. The standard InChI is InChI=1S/C29H35ClN6O3S/c1-16-17(2)40-27-24(16)25(19-7-9-20(30)10-8-19)32-22(26-34-33-18(3)36(26)27)15-23(37)31-21-11-13-35(14-12-21)28(38)39-29(4,5)6/h7-10,21-22H,11-15H2,1-6H3,(H,31,37)/t22-/m0/s1. The number of nitrogens with one attached hydrogen (secondary N) is 1. The third-order valence-electron chi connectivity index (χ3n) is 7.25. The maximum atomic E-state index is 13.4. The number of piperidine rings is 1. The molecule has 0 radical (unpaired) electrons. The highest BCUT2D eigenvalue weighted by molar-refractivity contribution is 7.15. The summed E-state index contributed by atoms with van der Waals surface area (Å²) in [5, 5.41) is 13.7. The lowest BCUT2D eigenvalue weighted by molar-refractivity contribution is -0.122. The number of aliphatic imine (C=N–C) groups is 1. The molecule has 1 N–H and O–H groups in total. The highest BCUT2D eigenvalue weighted by Crippen LogP contribution is 2.39. The van der Waals surface area contributed by atoms with Gasteiger partial charge in [0.05, 0.1) is 12.1 Å². The van der Waals surface area contributed by atoms with Crippen molar-refractivity contribution < 1.29 is 14.3 Å². The van der Waals surface area contributed by atoms with Crippen molar-refractivity contribution in [3.63, 3.8) is 0 Å². The van der Waals surface area contributed by atoms with E-state index in [1.807, 2.05) is 56.5 Å². The van der Waals surface area contributed by atoms with Gasteiger partial charge in [-0.3, -0.25) is 14.4 Å². The Morgan fingerprint density at radius 1 is 1.10 bits per heavy atom. The zero-order chi connectivity index (χ0) is 28.8. The summed E-state index contributed by atoms with van der Waals surface area (Å²) < 4.78 is 7.54. The van der Waals surface area contributed by atoms with Crippen LogP contribution in [-0.4, -0.2) is 62.1 Å². The number of benzene rings is 1. The fourth-order valence-electron chi connectivity index (χ4n) is 5.13. The molecule has 1 saturated heterocycles. The second-order valence-corrected chi connectivity index (χ2v) is 13.1. The second-order valence-electron chi connectivity index (χ2n) is 11.4. The summed E-state index contributed by atoms with van der Waals surface area (Å²) in [6.07, 6.45) is 1.15. The molecule has 0 aliphatic carbocycles. The van der Waals surface area contributed by atoms with Crippen LogP contribution in [0.5, 0.6) is 0 Å². The van der Waals surface area contributed by atoms with Crippen LogP contribution in [0.2, 0.25) is 5.02 Å². The van der Waals surface area contributed by atoms with E-state index in [9.17, 15) is 9.59 Å². The quantitative estimate of drug-likeness (QED) is 0.425. The van der Waals surface area contributed by atoms with Gasteiger partial charge in [-0.1, -0.05) is 23.7 Å². The van der Waals surface area contributed by atoms with E-state index in [0.717, 1.165) is 33.2 Å². The molecule has 4 heterocycles. The van der Waals surface area contributed by atoms with Crippen molar-refractivity contribution in [1.29, 1.82) is 0 Å². The van der Waals surface area contributed by atoms with Gasteiger partial charge in [0, 0.05) is 40.2 Å². The fraction of sp³-hybridized carbons (Fsp3) is 0.483. The van der Waals surface area contributed by atoms with E-state index in [4.69, 9.17) is 21.3 Å². The number of amides is 2. The van der Waals surface area contributed by atoms with Crippen LogP contribution in [0.1, 0.15) is 79.3 Å². The van der Waals surface area contributed by atoms with Gasteiger partial charge in [-0.15, -0.1) is 21.5 Å². The number of aryl methyl sites for hydroxylation is 2. The third-order valence-corrected chi connectivity index (χ3v) is 8.69. The first-order valence-electron chi connectivity index (χ1n) is 13.5. The lowest BCUT2D eigenvalue weighted by Crippen LogP contribution is -2.48. The van der Waals surface area contributed by atoms with Crippen LogP contribution in [0.4, 0.5) is 4.79 Å². The lowest BCUT2D eigenvalue weighted by atomic mass is 9.99. The minimum atomic E-state index is -0.536. The van der Waals surface area contributed by atoms with Crippen LogP contribution in [0.25, 0.3) is 5.00 Å². The van der Waals surface area contributed by atoms with Crippen LogP contribution in [0.3, 0.4) is 0 Å². The molecule has 1 aromatic carbocycles. The van der Waals surface area contributed by atoms with Gasteiger partial charge < -0.3 is 15.0 Å². The van der Waals surface area contributed by atoms with Crippen LogP contribution in [0, 0.1) is 20.8 Å². The highest BCUT2D eigenvalue weighted by Gasteiger charge is 2.33. The zero-order valence-corrected chi connectivity index (χ0v) is 25.3. The van der Waals surface area contributed by atoms with Gasteiger partial charge in [-0.2, -0.15) is 0 Å². The Morgan fingerprint density at radius 2 is 1.77 bits per heavy atom. The molecule has 9 nitrogen and oxygen atoms in total. The second kappa shape index (κ2) is 11.0. The third kappa shape index (κ3) is 5.78. The van der Waals surface area contributed by atoms with Crippen LogP contribution in [0.15, 0.2) is 29.3 Å². The number of nitrogens with zero attached hydrogens (tertiary/aromatic N) is 5. The predicted molar refractivity (Wildman–Crippen MR) is 157 cm³/mol. The largest absolute Gasteiger partial charge is 0.444 e. The number of rotatable bonds is 4. The molecule has 1 fully saturated rings. The molecule has 1 atom stereocenters.